The van der Waals surface area contributed by atoms with E-state index in [0.29, 0.717) is 28.1 Å². The van der Waals surface area contributed by atoms with E-state index >= 15 is 0 Å². The van der Waals surface area contributed by atoms with Crippen molar-refractivity contribution in [1.29, 1.82) is 0 Å². The number of rotatable bonds is 3. The summed E-state index contributed by atoms with van der Waals surface area (Å²) in [5, 5.41) is 7.18. The van der Waals surface area contributed by atoms with Gasteiger partial charge >= 0.3 is 0 Å². The van der Waals surface area contributed by atoms with E-state index in [1.165, 1.54) is 6.42 Å². The third-order valence-corrected chi connectivity index (χ3v) is 3.69. The zero-order valence-corrected chi connectivity index (χ0v) is 12.7. The molecule has 1 atom stereocenters. The second-order valence-corrected chi connectivity index (χ2v) is 5.39. The molecule has 106 valence electrons. The maximum atomic E-state index is 12.0. The van der Waals surface area contributed by atoms with E-state index in [1.54, 1.807) is 18.2 Å². The van der Waals surface area contributed by atoms with E-state index < -0.39 is 0 Å². The molecule has 1 saturated heterocycles. The number of hydrogen-bond donors (Lipinski definition) is 2. The summed E-state index contributed by atoms with van der Waals surface area (Å²) < 4.78 is 0. The lowest BCUT2D eigenvalue weighted by molar-refractivity contribution is 0.0945. The Kier molecular flexibility index (Phi) is 6.94. The van der Waals surface area contributed by atoms with Crippen LogP contribution in [-0.4, -0.2) is 25.5 Å². The summed E-state index contributed by atoms with van der Waals surface area (Å²) in [6.45, 7) is 2.71. The molecule has 3 nitrogen and oxygen atoms in total. The van der Waals surface area contributed by atoms with Gasteiger partial charge in [0.2, 0.25) is 0 Å². The molecule has 0 spiro atoms. The van der Waals surface area contributed by atoms with Crippen molar-refractivity contribution in [1.82, 2.24) is 10.6 Å². The van der Waals surface area contributed by atoms with Crippen LogP contribution in [0.25, 0.3) is 0 Å². The number of nitrogens with one attached hydrogen (secondary N) is 2. The van der Waals surface area contributed by atoms with Crippen LogP contribution < -0.4 is 10.6 Å². The largest absolute Gasteiger partial charge is 0.352 e. The van der Waals surface area contributed by atoms with Gasteiger partial charge in [0.15, 0.2) is 0 Å². The minimum absolute atomic E-state index is 0. The van der Waals surface area contributed by atoms with Gasteiger partial charge in [-0.1, -0.05) is 23.2 Å². The fraction of sp³-hybridized carbons (Fsp3) is 0.462. The Labute approximate surface area is 129 Å². The molecule has 1 aromatic rings. The van der Waals surface area contributed by atoms with E-state index in [0.717, 1.165) is 19.5 Å². The van der Waals surface area contributed by atoms with Gasteiger partial charge in [-0.25, -0.2) is 0 Å². The highest BCUT2D eigenvalue weighted by Crippen LogP contribution is 2.20. The number of piperidine rings is 1. The third-order valence-electron chi connectivity index (χ3n) is 3.12. The van der Waals surface area contributed by atoms with Crippen LogP contribution in [0.1, 0.15) is 23.2 Å². The molecule has 0 bridgehead atoms. The van der Waals surface area contributed by atoms with Crippen LogP contribution in [0.15, 0.2) is 18.2 Å². The molecule has 2 rings (SSSR count). The second kappa shape index (κ2) is 7.95. The number of amides is 1. The summed E-state index contributed by atoms with van der Waals surface area (Å²) >= 11 is 11.8. The SMILES string of the molecule is Cl.O=C(NCC1CCCNC1)c1cc(Cl)ccc1Cl. The number of benzene rings is 1. The highest BCUT2D eigenvalue weighted by Gasteiger charge is 2.16. The van der Waals surface area contributed by atoms with Crippen LogP contribution in [0.5, 0.6) is 0 Å². The average molecular weight is 324 g/mol. The molecule has 1 aromatic carbocycles. The van der Waals surface area contributed by atoms with E-state index in [-0.39, 0.29) is 18.3 Å². The summed E-state index contributed by atoms with van der Waals surface area (Å²) in [6, 6.07) is 4.91. The Morgan fingerprint density at radius 1 is 1.42 bits per heavy atom. The summed E-state index contributed by atoms with van der Waals surface area (Å²) in [7, 11) is 0. The van der Waals surface area contributed by atoms with Crippen molar-refractivity contribution in [3.63, 3.8) is 0 Å². The van der Waals surface area contributed by atoms with Gasteiger partial charge in [-0.2, -0.15) is 0 Å². The zero-order valence-electron chi connectivity index (χ0n) is 10.4. The monoisotopic (exact) mass is 322 g/mol. The Morgan fingerprint density at radius 3 is 2.89 bits per heavy atom. The van der Waals surface area contributed by atoms with Gasteiger partial charge < -0.3 is 10.6 Å². The molecule has 0 saturated carbocycles. The van der Waals surface area contributed by atoms with Gasteiger partial charge in [0.1, 0.15) is 0 Å². The maximum Gasteiger partial charge on any atom is 0.252 e. The van der Waals surface area contributed by atoms with Crippen molar-refractivity contribution in [2.45, 2.75) is 12.8 Å². The maximum absolute atomic E-state index is 12.0. The molecule has 1 unspecified atom stereocenters. The van der Waals surface area contributed by atoms with Crippen molar-refractivity contribution in [2.24, 2.45) is 5.92 Å². The smallest absolute Gasteiger partial charge is 0.252 e. The molecule has 0 aliphatic carbocycles. The number of halogens is 3. The molecule has 1 aliphatic heterocycles. The Hall–Kier alpha value is -0.480. The molecular weight excluding hydrogens is 307 g/mol. The third kappa shape index (κ3) is 4.84. The summed E-state index contributed by atoms with van der Waals surface area (Å²) in [4.78, 5) is 12.0. The molecule has 19 heavy (non-hydrogen) atoms. The molecule has 6 heteroatoms. The number of carbonyl (C=O) groups excluding carboxylic acids is 1. The lowest BCUT2D eigenvalue weighted by Gasteiger charge is -2.22. The minimum atomic E-state index is -0.159. The van der Waals surface area contributed by atoms with E-state index in [4.69, 9.17) is 23.2 Å². The quantitative estimate of drug-likeness (QED) is 0.897. The van der Waals surface area contributed by atoms with Crippen LogP contribution >= 0.6 is 35.6 Å². The molecule has 0 aromatic heterocycles. The summed E-state index contributed by atoms with van der Waals surface area (Å²) in [5.74, 6) is 0.341. The Balaban J connectivity index is 0.00000180. The summed E-state index contributed by atoms with van der Waals surface area (Å²) in [5.41, 5.74) is 0.438. The van der Waals surface area contributed by atoms with E-state index in [9.17, 15) is 4.79 Å². The van der Waals surface area contributed by atoms with Crippen molar-refractivity contribution in [3.05, 3.63) is 33.8 Å². The van der Waals surface area contributed by atoms with Crippen LogP contribution in [0, 0.1) is 5.92 Å². The molecule has 1 amide bonds. The van der Waals surface area contributed by atoms with E-state index in [2.05, 4.69) is 10.6 Å². The first-order valence-electron chi connectivity index (χ1n) is 6.11. The standard InChI is InChI=1S/C13H16Cl2N2O.ClH/c14-10-3-4-12(15)11(6-10)13(18)17-8-9-2-1-5-16-7-9;/h3-4,6,9,16H,1-2,5,7-8H2,(H,17,18);1H. The number of hydrogen-bond acceptors (Lipinski definition) is 2. The van der Waals surface area contributed by atoms with Gasteiger partial charge in [0.25, 0.3) is 5.91 Å². The van der Waals surface area contributed by atoms with Crippen molar-refractivity contribution in [2.75, 3.05) is 19.6 Å². The van der Waals surface area contributed by atoms with Gasteiger partial charge in [-0.15, -0.1) is 12.4 Å². The Morgan fingerprint density at radius 2 is 2.21 bits per heavy atom. The van der Waals surface area contributed by atoms with Crippen molar-refractivity contribution in [3.8, 4) is 0 Å². The second-order valence-electron chi connectivity index (χ2n) is 4.55. The Bertz CT molecular complexity index is 434. The molecular formula is C13H17Cl3N2O. The minimum Gasteiger partial charge on any atom is -0.352 e. The fourth-order valence-electron chi connectivity index (χ4n) is 2.10. The van der Waals surface area contributed by atoms with Crippen LogP contribution in [-0.2, 0) is 0 Å². The normalized spacial score (nSPS) is 18.5. The van der Waals surface area contributed by atoms with Gasteiger partial charge in [-0.05, 0) is 50.0 Å². The molecule has 1 aliphatic rings. The van der Waals surface area contributed by atoms with Crippen LogP contribution in [0.3, 0.4) is 0 Å². The first-order valence-corrected chi connectivity index (χ1v) is 6.86. The van der Waals surface area contributed by atoms with Crippen molar-refractivity contribution < 1.29 is 4.79 Å². The van der Waals surface area contributed by atoms with Gasteiger partial charge in [0, 0.05) is 11.6 Å². The molecule has 2 N–H and O–H groups in total. The molecule has 1 heterocycles. The highest BCUT2D eigenvalue weighted by molar-refractivity contribution is 6.35. The zero-order chi connectivity index (χ0) is 13.0. The van der Waals surface area contributed by atoms with Crippen LogP contribution in [0.4, 0.5) is 0 Å². The summed E-state index contributed by atoms with van der Waals surface area (Å²) in [6.07, 6.45) is 2.31. The fourth-order valence-corrected chi connectivity index (χ4v) is 2.48. The predicted octanol–water partition coefficient (Wildman–Crippen LogP) is 3.14. The van der Waals surface area contributed by atoms with Gasteiger partial charge in [0.05, 0.1) is 10.6 Å². The van der Waals surface area contributed by atoms with Crippen molar-refractivity contribution >= 4 is 41.5 Å². The lowest BCUT2D eigenvalue weighted by atomic mass is 10.00. The van der Waals surface area contributed by atoms with Crippen LogP contribution in [0.2, 0.25) is 10.0 Å². The molecule has 0 radical (unpaired) electrons. The molecule has 1 fully saturated rings. The first-order chi connectivity index (χ1) is 8.66. The average Bonchev–Trinajstić information content (AvgIpc) is 2.40. The highest BCUT2D eigenvalue weighted by atomic mass is 35.5. The van der Waals surface area contributed by atoms with E-state index in [1.807, 2.05) is 0 Å². The first kappa shape index (κ1) is 16.6. The topological polar surface area (TPSA) is 41.1 Å². The lowest BCUT2D eigenvalue weighted by Crippen LogP contribution is -2.38. The predicted molar refractivity (Wildman–Crippen MR) is 81.6 cm³/mol. The number of carbonyl (C=O) groups is 1. The van der Waals surface area contributed by atoms with Gasteiger partial charge in [-0.3, -0.25) is 4.79 Å².